The van der Waals surface area contributed by atoms with Crippen molar-refractivity contribution in [3.63, 3.8) is 0 Å². The summed E-state index contributed by atoms with van der Waals surface area (Å²) in [5.74, 6) is -1.90. The number of allylic oxidation sites excluding steroid dienone is 1. The summed E-state index contributed by atoms with van der Waals surface area (Å²) < 4.78 is 4.72. The maximum absolute atomic E-state index is 12.1. The van der Waals surface area contributed by atoms with Gasteiger partial charge in [0.2, 0.25) is 5.78 Å². The van der Waals surface area contributed by atoms with Gasteiger partial charge in [-0.3, -0.25) is 4.79 Å². The lowest BCUT2D eigenvalue weighted by atomic mass is 10.0. The molecule has 5 heteroatoms. The molecule has 1 aromatic carbocycles. The van der Waals surface area contributed by atoms with E-state index in [0.29, 0.717) is 5.56 Å². The number of aliphatic hydroxyl groups excluding tert-OH is 1. The molecule has 0 fully saturated rings. The molecule has 0 aromatic heterocycles. The fourth-order valence-corrected chi connectivity index (χ4v) is 1.45. The number of carbonyl (C=O) groups excluding carboxylic acids is 2. The van der Waals surface area contributed by atoms with Gasteiger partial charge in [0.05, 0.1) is 18.2 Å². The number of carbonyl (C=O) groups is 2. The zero-order valence-corrected chi connectivity index (χ0v) is 10.6. The molecule has 0 saturated heterocycles. The summed E-state index contributed by atoms with van der Waals surface area (Å²) >= 11 is 0. The molecule has 0 amide bonds. The lowest BCUT2D eigenvalue weighted by Crippen LogP contribution is -2.18. The van der Waals surface area contributed by atoms with E-state index < -0.39 is 23.1 Å². The summed E-state index contributed by atoms with van der Waals surface area (Å²) in [4.78, 5) is 23.7. The van der Waals surface area contributed by atoms with Crippen molar-refractivity contribution in [3.8, 4) is 6.07 Å². The van der Waals surface area contributed by atoms with Crippen LogP contribution in [0.25, 0.3) is 0 Å². The highest BCUT2D eigenvalue weighted by molar-refractivity contribution is 6.24. The molecule has 0 radical (unpaired) electrons. The minimum atomic E-state index is -0.864. The Morgan fingerprint density at radius 2 is 1.89 bits per heavy atom. The third-order valence-corrected chi connectivity index (χ3v) is 2.34. The van der Waals surface area contributed by atoms with Crippen LogP contribution in [0.3, 0.4) is 0 Å². The van der Waals surface area contributed by atoms with Crippen molar-refractivity contribution >= 4 is 11.8 Å². The minimum Gasteiger partial charge on any atom is -0.512 e. The summed E-state index contributed by atoms with van der Waals surface area (Å²) in [7, 11) is 0. The number of rotatable bonds is 4. The van der Waals surface area contributed by atoms with Crippen LogP contribution in [-0.4, -0.2) is 23.5 Å². The van der Waals surface area contributed by atoms with Gasteiger partial charge >= 0.3 is 5.97 Å². The molecule has 0 aliphatic carbocycles. The van der Waals surface area contributed by atoms with E-state index in [2.05, 4.69) is 0 Å². The molecule has 1 aromatic rings. The van der Waals surface area contributed by atoms with Gasteiger partial charge in [-0.2, -0.15) is 5.26 Å². The monoisotopic (exact) mass is 259 g/mol. The van der Waals surface area contributed by atoms with Crippen LogP contribution in [0.4, 0.5) is 0 Å². The number of esters is 1. The van der Waals surface area contributed by atoms with Crippen LogP contribution in [0.1, 0.15) is 29.8 Å². The highest BCUT2D eigenvalue weighted by Crippen LogP contribution is 2.14. The average Bonchev–Trinajstić information content (AvgIpc) is 2.38. The molecule has 0 aliphatic heterocycles. The lowest BCUT2D eigenvalue weighted by Gasteiger charge is -2.07. The SMILES string of the molecule is CCOC(=O)/C(C(=O)c1ccc(C#N)cc1)=C(/C)O. The van der Waals surface area contributed by atoms with Crippen molar-refractivity contribution in [2.45, 2.75) is 13.8 Å². The smallest absolute Gasteiger partial charge is 0.345 e. The van der Waals surface area contributed by atoms with Gasteiger partial charge in [-0.15, -0.1) is 0 Å². The molecular formula is C14H13NO4. The molecule has 0 atom stereocenters. The van der Waals surface area contributed by atoms with Crippen molar-refractivity contribution in [2.75, 3.05) is 6.61 Å². The van der Waals surface area contributed by atoms with E-state index in [1.807, 2.05) is 6.07 Å². The summed E-state index contributed by atoms with van der Waals surface area (Å²) in [5, 5.41) is 18.1. The van der Waals surface area contributed by atoms with Gasteiger partial charge in [-0.05, 0) is 38.1 Å². The molecule has 0 saturated carbocycles. The van der Waals surface area contributed by atoms with E-state index in [1.54, 1.807) is 6.92 Å². The maximum Gasteiger partial charge on any atom is 0.345 e. The van der Waals surface area contributed by atoms with Crippen molar-refractivity contribution in [1.29, 1.82) is 5.26 Å². The van der Waals surface area contributed by atoms with E-state index >= 15 is 0 Å². The number of nitriles is 1. The van der Waals surface area contributed by atoms with Crippen LogP contribution in [-0.2, 0) is 9.53 Å². The van der Waals surface area contributed by atoms with Gasteiger partial charge < -0.3 is 9.84 Å². The normalized spacial score (nSPS) is 11.2. The number of ketones is 1. The van der Waals surface area contributed by atoms with E-state index in [4.69, 9.17) is 10.00 Å². The first-order valence-electron chi connectivity index (χ1n) is 5.63. The van der Waals surface area contributed by atoms with Crippen LogP contribution < -0.4 is 0 Å². The highest BCUT2D eigenvalue weighted by atomic mass is 16.5. The van der Waals surface area contributed by atoms with E-state index in [0.717, 1.165) is 0 Å². The van der Waals surface area contributed by atoms with Crippen LogP contribution in [0.5, 0.6) is 0 Å². The Bertz CT molecular complexity index is 560. The first-order chi connectivity index (χ1) is 9.01. The number of aliphatic hydroxyl groups is 1. The molecule has 98 valence electrons. The molecule has 0 heterocycles. The first-order valence-corrected chi connectivity index (χ1v) is 5.63. The summed E-state index contributed by atoms with van der Waals surface area (Å²) in [6.45, 7) is 2.96. The summed E-state index contributed by atoms with van der Waals surface area (Å²) in [5.41, 5.74) is 0.209. The fraction of sp³-hybridized carbons (Fsp3) is 0.214. The lowest BCUT2D eigenvalue weighted by molar-refractivity contribution is -0.138. The van der Waals surface area contributed by atoms with Crippen LogP contribution >= 0.6 is 0 Å². The fourth-order valence-electron chi connectivity index (χ4n) is 1.45. The van der Waals surface area contributed by atoms with Gasteiger partial charge in [-0.1, -0.05) is 0 Å². The summed E-state index contributed by atoms with van der Waals surface area (Å²) in [6, 6.07) is 7.69. The third kappa shape index (κ3) is 3.42. The van der Waals surface area contributed by atoms with Gasteiger partial charge in [-0.25, -0.2) is 4.79 Å². The van der Waals surface area contributed by atoms with Crippen molar-refractivity contribution in [2.24, 2.45) is 0 Å². The van der Waals surface area contributed by atoms with Crippen LogP contribution in [0, 0.1) is 11.3 Å². The van der Waals surface area contributed by atoms with Crippen LogP contribution in [0.15, 0.2) is 35.6 Å². The molecule has 0 aliphatic rings. The van der Waals surface area contributed by atoms with E-state index in [1.165, 1.54) is 31.2 Å². The molecule has 0 spiro atoms. The van der Waals surface area contributed by atoms with E-state index in [-0.39, 0.29) is 12.2 Å². The Labute approximate surface area is 110 Å². The largest absolute Gasteiger partial charge is 0.512 e. The Morgan fingerprint density at radius 3 is 2.32 bits per heavy atom. The number of Topliss-reactive ketones (excluding diaryl/α,β-unsaturated/α-hetero) is 1. The molecule has 1 rings (SSSR count). The zero-order valence-electron chi connectivity index (χ0n) is 10.6. The predicted molar refractivity (Wildman–Crippen MR) is 67.4 cm³/mol. The molecule has 1 N–H and O–H groups in total. The maximum atomic E-state index is 12.1. The van der Waals surface area contributed by atoms with Gasteiger partial charge in [0.1, 0.15) is 11.3 Å². The number of hydrogen-bond donors (Lipinski definition) is 1. The first kappa shape index (κ1) is 14.5. The second-order valence-electron chi connectivity index (χ2n) is 3.70. The van der Waals surface area contributed by atoms with Gasteiger partial charge in [0, 0.05) is 5.56 Å². The topological polar surface area (TPSA) is 87.4 Å². The molecular weight excluding hydrogens is 246 g/mol. The minimum absolute atomic E-state index is 0.107. The van der Waals surface area contributed by atoms with Crippen molar-refractivity contribution < 1.29 is 19.4 Å². The average molecular weight is 259 g/mol. The number of benzene rings is 1. The van der Waals surface area contributed by atoms with Gasteiger partial charge in [0.15, 0.2) is 0 Å². The molecule has 5 nitrogen and oxygen atoms in total. The Balaban J connectivity index is 3.11. The number of hydrogen-bond acceptors (Lipinski definition) is 5. The van der Waals surface area contributed by atoms with E-state index in [9.17, 15) is 14.7 Å². The second kappa shape index (κ2) is 6.36. The number of nitrogens with zero attached hydrogens (tertiary/aromatic N) is 1. The summed E-state index contributed by atoms with van der Waals surface area (Å²) in [6.07, 6.45) is 0. The van der Waals surface area contributed by atoms with Gasteiger partial charge in [0.25, 0.3) is 0 Å². The second-order valence-corrected chi connectivity index (χ2v) is 3.70. The van der Waals surface area contributed by atoms with Crippen molar-refractivity contribution in [1.82, 2.24) is 0 Å². The molecule has 0 unspecified atom stereocenters. The Kier molecular flexibility index (Phi) is 4.84. The van der Waals surface area contributed by atoms with Crippen molar-refractivity contribution in [3.05, 3.63) is 46.7 Å². The predicted octanol–water partition coefficient (Wildman–Crippen LogP) is 2.14. The zero-order chi connectivity index (χ0) is 14.4. The third-order valence-electron chi connectivity index (χ3n) is 2.34. The highest BCUT2D eigenvalue weighted by Gasteiger charge is 2.24. The molecule has 19 heavy (non-hydrogen) atoms. The number of ether oxygens (including phenoxy) is 1. The van der Waals surface area contributed by atoms with Crippen LogP contribution in [0.2, 0.25) is 0 Å². The Hall–Kier alpha value is -2.61. The standard InChI is InChI=1S/C14H13NO4/c1-3-19-14(18)12(9(2)16)13(17)11-6-4-10(8-15)5-7-11/h4-7,16H,3H2,1-2H3/b12-9-. The molecule has 0 bridgehead atoms. The Morgan fingerprint density at radius 1 is 1.32 bits per heavy atom. The quantitative estimate of drug-likeness (QED) is 0.223.